The van der Waals surface area contributed by atoms with Crippen molar-refractivity contribution in [2.45, 2.75) is 20.0 Å². The molecule has 2 aromatic heterocycles. The Kier molecular flexibility index (Phi) is 4.99. The molecule has 3 N–H and O–H groups in total. The monoisotopic (exact) mass is 372 g/mol. The van der Waals surface area contributed by atoms with Crippen molar-refractivity contribution < 1.29 is 19.1 Å². The number of carbonyl (C=O) groups is 3. The zero-order chi connectivity index (χ0) is 18.7. The summed E-state index contributed by atoms with van der Waals surface area (Å²) in [6.07, 6.45) is 0.442. The van der Waals surface area contributed by atoms with E-state index in [1.165, 1.54) is 17.4 Å². The first-order valence-corrected chi connectivity index (χ1v) is 8.66. The molecule has 8 nitrogen and oxygen atoms in total. The zero-order valence-corrected chi connectivity index (χ0v) is 14.8. The maximum absolute atomic E-state index is 12.5. The molecule has 0 saturated carbocycles. The second-order valence-corrected chi connectivity index (χ2v) is 6.61. The number of hydrogen-bond donors (Lipinski definition) is 3. The second kappa shape index (κ2) is 7.36. The van der Waals surface area contributed by atoms with E-state index in [1.54, 1.807) is 43.6 Å². The van der Waals surface area contributed by atoms with Crippen LogP contribution >= 0.6 is 11.3 Å². The number of ether oxygens (including phenoxy) is 1. The highest BCUT2D eigenvalue weighted by Gasteiger charge is 2.19. The second-order valence-electron chi connectivity index (χ2n) is 5.70. The summed E-state index contributed by atoms with van der Waals surface area (Å²) in [6.45, 7) is 3.36. The van der Waals surface area contributed by atoms with Gasteiger partial charge in [0.05, 0.1) is 23.4 Å². The summed E-state index contributed by atoms with van der Waals surface area (Å²) in [7, 11) is 0. The predicted molar refractivity (Wildman–Crippen MR) is 97.4 cm³/mol. The van der Waals surface area contributed by atoms with Crippen molar-refractivity contribution in [2.75, 3.05) is 5.32 Å². The van der Waals surface area contributed by atoms with Crippen molar-refractivity contribution in [3.05, 3.63) is 47.0 Å². The van der Waals surface area contributed by atoms with Crippen LogP contribution in [0.25, 0.3) is 10.9 Å². The summed E-state index contributed by atoms with van der Waals surface area (Å²) in [5.41, 5.74) is 1.44. The molecule has 0 atom stereocenters. The average molecular weight is 372 g/mol. The van der Waals surface area contributed by atoms with Gasteiger partial charge in [-0.25, -0.2) is 4.79 Å². The summed E-state index contributed by atoms with van der Waals surface area (Å²) in [6, 6.07) is 6.63. The smallest absolute Gasteiger partial charge is 0.414 e. The summed E-state index contributed by atoms with van der Waals surface area (Å²) in [5.74, 6) is -1.01. The zero-order valence-electron chi connectivity index (χ0n) is 14.0. The first kappa shape index (κ1) is 17.6. The molecule has 0 aliphatic carbocycles. The van der Waals surface area contributed by atoms with Gasteiger partial charge in [-0.3, -0.25) is 20.0 Å². The fraction of sp³-hybridized carbons (Fsp3) is 0.176. The topological polar surface area (TPSA) is 113 Å². The largest absolute Gasteiger partial charge is 0.447 e. The summed E-state index contributed by atoms with van der Waals surface area (Å²) in [4.78, 5) is 36.2. The number of rotatable bonds is 4. The number of anilines is 1. The van der Waals surface area contributed by atoms with Gasteiger partial charge in [0.15, 0.2) is 0 Å². The Labute approximate surface area is 152 Å². The number of H-pyrrole nitrogens is 1. The van der Waals surface area contributed by atoms with Gasteiger partial charge in [0.25, 0.3) is 11.8 Å². The number of aromatic amines is 1. The van der Waals surface area contributed by atoms with Crippen molar-refractivity contribution in [3.8, 4) is 0 Å². The molecule has 2 heterocycles. The number of nitrogens with one attached hydrogen (secondary N) is 3. The lowest BCUT2D eigenvalue weighted by Gasteiger charge is -2.09. The SMILES string of the molecule is CC(C)OC(=O)NC(=O)c1ccsc1NC(=O)c1ccc2[nH]ncc2c1. The van der Waals surface area contributed by atoms with E-state index in [0.29, 0.717) is 10.6 Å². The fourth-order valence-electron chi connectivity index (χ4n) is 2.25. The van der Waals surface area contributed by atoms with Crippen LogP contribution < -0.4 is 10.6 Å². The number of alkyl carbamates (subject to hydrolysis) is 1. The Morgan fingerprint density at radius 2 is 2.00 bits per heavy atom. The maximum atomic E-state index is 12.5. The van der Waals surface area contributed by atoms with Crippen molar-refractivity contribution in [3.63, 3.8) is 0 Å². The number of nitrogens with zero attached hydrogens (tertiary/aromatic N) is 1. The number of fused-ring (bicyclic) bond motifs is 1. The number of hydrogen-bond acceptors (Lipinski definition) is 6. The van der Waals surface area contributed by atoms with Crippen molar-refractivity contribution in [1.29, 1.82) is 0 Å². The number of amides is 3. The maximum Gasteiger partial charge on any atom is 0.414 e. The molecule has 9 heteroatoms. The highest BCUT2D eigenvalue weighted by atomic mass is 32.1. The van der Waals surface area contributed by atoms with E-state index in [4.69, 9.17) is 4.74 Å². The predicted octanol–water partition coefficient (Wildman–Crippen LogP) is 3.15. The molecule has 0 aliphatic rings. The molecule has 0 fully saturated rings. The van der Waals surface area contributed by atoms with Gasteiger partial charge in [0.1, 0.15) is 5.00 Å². The van der Waals surface area contributed by atoms with Gasteiger partial charge in [-0.2, -0.15) is 5.10 Å². The highest BCUT2D eigenvalue weighted by molar-refractivity contribution is 7.14. The quantitative estimate of drug-likeness (QED) is 0.651. The van der Waals surface area contributed by atoms with Crippen LogP contribution in [0, 0.1) is 0 Å². The third kappa shape index (κ3) is 3.89. The number of aromatic nitrogens is 2. The Hall–Kier alpha value is -3.20. The van der Waals surface area contributed by atoms with Gasteiger partial charge >= 0.3 is 6.09 Å². The molecule has 3 amide bonds. The number of carbonyl (C=O) groups excluding carboxylic acids is 3. The van der Waals surface area contributed by atoms with Crippen LogP contribution in [0.5, 0.6) is 0 Å². The molecular formula is C17H16N4O4S. The van der Waals surface area contributed by atoms with Crippen LogP contribution in [0.4, 0.5) is 9.80 Å². The van der Waals surface area contributed by atoms with Crippen molar-refractivity contribution in [1.82, 2.24) is 15.5 Å². The van der Waals surface area contributed by atoms with E-state index in [9.17, 15) is 14.4 Å². The first-order chi connectivity index (χ1) is 12.4. The minimum Gasteiger partial charge on any atom is -0.447 e. The van der Waals surface area contributed by atoms with Crippen LogP contribution in [0.15, 0.2) is 35.8 Å². The molecule has 0 spiro atoms. The third-order valence-electron chi connectivity index (χ3n) is 3.40. The molecule has 3 aromatic rings. The molecule has 3 rings (SSSR count). The van der Waals surface area contributed by atoms with Gasteiger partial charge in [0.2, 0.25) is 0 Å². The Morgan fingerprint density at radius 1 is 1.19 bits per heavy atom. The number of thiophene rings is 1. The van der Waals surface area contributed by atoms with Crippen molar-refractivity contribution in [2.24, 2.45) is 0 Å². The summed E-state index contributed by atoms with van der Waals surface area (Å²) in [5, 5.41) is 14.3. The fourth-order valence-corrected chi connectivity index (χ4v) is 3.03. The first-order valence-electron chi connectivity index (χ1n) is 7.78. The molecule has 0 radical (unpaired) electrons. The molecule has 0 saturated heterocycles. The van der Waals surface area contributed by atoms with Gasteiger partial charge in [-0.05, 0) is 43.5 Å². The molecular weight excluding hydrogens is 356 g/mol. The average Bonchev–Trinajstić information content (AvgIpc) is 3.21. The Bertz CT molecular complexity index is 976. The van der Waals surface area contributed by atoms with E-state index in [0.717, 1.165) is 10.9 Å². The minimum absolute atomic E-state index is 0.188. The van der Waals surface area contributed by atoms with E-state index in [2.05, 4.69) is 20.8 Å². The van der Waals surface area contributed by atoms with Gasteiger partial charge in [0, 0.05) is 10.9 Å². The minimum atomic E-state index is -0.834. The Balaban J connectivity index is 1.72. The van der Waals surface area contributed by atoms with Crippen LogP contribution in [-0.2, 0) is 4.74 Å². The standard InChI is InChI=1S/C17H16N4O4S/c1-9(2)25-17(24)20-15(23)12-5-6-26-16(12)19-14(22)10-3-4-13-11(7-10)8-18-21-13/h3-9H,1-2H3,(H,18,21)(H,19,22)(H,20,23,24). The van der Waals surface area contributed by atoms with Gasteiger partial charge in [-0.1, -0.05) is 0 Å². The lowest BCUT2D eigenvalue weighted by molar-refractivity contribution is 0.0877. The molecule has 0 unspecified atom stereocenters. The molecule has 134 valence electrons. The van der Waals surface area contributed by atoms with E-state index < -0.39 is 12.0 Å². The van der Waals surface area contributed by atoms with Crippen LogP contribution in [0.1, 0.15) is 34.6 Å². The van der Waals surface area contributed by atoms with Crippen LogP contribution in [0.3, 0.4) is 0 Å². The lowest BCUT2D eigenvalue weighted by Crippen LogP contribution is -2.32. The van der Waals surface area contributed by atoms with E-state index >= 15 is 0 Å². The third-order valence-corrected chi connectivity index (χ3v) is 4.23. The molecule has 1 aromatic carbocycles. The number of benzene rings is 1. The highest BCUT2D eigenvalue weighted by Crippen LogP contribution is 2.24. The lowest BCUT2D eigenvalue weighted by atomic mass is 10.1. The summed E-state index contributed by atoms with van der Waals surface area (Å²) >= 11 is 1.18. The van der Waals surface area contributed by atoms with Gasteiger partial charge in [-0.15, -0.1) is 11.3 Å². The Morgan fingerprint density at radius 3 is 2.77 bits per heavy atom. The van der Waals surface area contributed by atoms with Gasteiger partial charge < -0.3 is 10.1 Å². The summed E-state index contributed by atoms with van der Waals surface area (Å²) < 4.78 is 4.88. The van der Waals surface area contributed by atoms with Crippen molar-refractivity contribution >= 4 is 45.1 Å². The van der Waals surface area contributed by atoms with E-state index in [-0.39, 0.29) is 17.6 Å². The molecule has 0 aliphatic heterocycles. The van der Waals surface area contributed by atoms with Crippen LogP contribution in [-0.4, -0.2) is 34.2 Å². The van der Waals surface area contributed by atoms with E-state index in [1.807, 2.05) is 0 Å². The van der Waals surface area contributed by atoms with Crippen LogP contribution in [0.2, 0.25) is 0 Å². The molecule has 26 heavy (non-hydrogen) atoms. The molecule has 0 bridgehead atoms. The normalized spacial score (nSPS) is 10.7. The number of imide groups is 1.